The average Bonchev–Trinajstić information content (AvgIpc) is 2.34. The maximum Gasteiger partial charge on any atom is 0.181 e. The first-order chi connectivity index (χ1) is 8.56. The first kappa shape index (κ1) is 15.0. The summed E-state index contributed by atoms with van der Waals surface area (Å²) in [6.45, 7) is 4.11. The zero-order valence-electron chi connectivity index (χ0n) is 11.2. The van der Waals surface area contributed by atoms with E-state index < -0.39 is 9.84 Å². The second kappa shape index (κ2) is 7.37. The van der Waals surface area contributed by atoms with E-state index in [4.69, 9.17) is 0 Å². The molecule has 1 aromatic carbocycles. The van der Waals surface area contributed by atoms with Crippen molar-refractivity contribution in [2.45, 2.75) is 44.4 Å². The molecule has 0 aromatic heterocycles. The summed E-state index contributed by atoms with van der Waals surface area (Å²) >= 11 is 0. The third-order valence-electron chi connectivity index (χ3n) is 2.84. The van der Waals surface area contributed by atoms with E-state index in [1.165, 1.54) is 12.8 Å². The molecule has 0 spiro atoms. The van der Waals surface area contributed by atoms with Gasteiger partial charge in [-0.25, -0.2) is 8.42 Å². The highest BCUT2D eigenvalue weighted by Gasteiger charge is 2.11. The number of sulfone groups is 1. The molecule has 2 nitrogen and oxygen atoms in total. The summed E-state index contributed by atoms with van der Waals surface area (Å²) in [5.41, 5.74) is 1.07. The molecule has 1 aromatic rings. The predicted octanol–water partition coefficient (Wildman–Crippen LogP) is 3.91. The van der Waals surface area contributed by atoms with Crippen LogP contribution in [0.25, 0.3) is 0 Å². The normalized spacial score (nSPS) is 12.1. The Morgan fingerprint density at radius 1 is 1.06 bits per heavy atom. The Morgan fingerprint density at radius 2 is 1.72 bits per heavy atom. The average molecular weight is 266 g/mol. The quantitative estimate of drug-likeness (QED) is 0.554. The lowest BCUT2D eigenvalue weighted by atomic mass is 10.2. The third kappa shape index (κ3) is 5.05. The lowest BCUT2D eigenvalue weighted by Gasteiger charge is -2.01. The smallest absolute Gasteiger partial charge is 0.181 e. The van der Waals surface area contributed by atoms with Crippen molar-refractivity contribution in [3.05, 3.63) is 42.0 Å². The molecule has 0 bridgehead atoms. The Labute approximate surface area is 111 Å². The fourth-order valence-electron chi connectivity index (χ4n) is 1.67. The Balaban J connectivity index is 2.52. The second-order valence-electron chi connectivity index (χ2n) is 4.56. The molecule has 0 N–H and O–H groups in total. The van der Waals surface area contributed by atoms with Gasteiger partial charge in [-0.15, -0.1) is 0 Å². The van der Waals surface area contributed by atoms with Crippen LogP contribution >= 0.6 is 0 Å². The van der Waals surface area contributed by atoms with Crippen molar-refractivity contribution in [1.82, 2.24) is 0 Å². The maximum atomic E-state index is 12.0. The van der Waals surface area contributed by atoms with Crippen LogP contribution in [0, 0.1) is 6.92 Å². The standard InChI is InChI=1S/C15H22O2S/c1-3-4-5-6-7-8-13-18(16,17)15-11-9-14(2)10-12-15/h7-12H,3-6,13H2,1-2H3/b8-7-. The molecule has 0 aliphatic rings. The summed E-state index contributed by atoms with van der Waals surface area (Å²) in [6.07, 6.45) is 8.24. The summed E-state index contributed by atoms with van der Waals surface area (Å²) in [6, 6.07) is 7.01. The Morgan fingerprint density at radius 3 is 2.33 bits per heavy atom. The van der Waals surface area contributed by atoms with Crippen molar-refractivity contribution >= 4 is 9.84 Å². The van der Waals surface area contributed by atoms with E-state index >= 15 is 0 Å². The van der Waals surface area contributed by atoms with Crippen molar-refractivity contribution in [2.24, 2.45) is 0 Å². The minimum absolute atomic E-state index is 0.0994. The predicted molar refractivity (Wildman–Crippen MR) is 76.5 cm³/mol. The molecule has 0 amide bonds. The number of aryl methyl sites for hydroxylation is 1. The first-order valence-electron chi connectivity index (χ1n) is 6.50. The minimum Gasteiger partial charge on any atom is -0.223 e. The fraction of sp³-hybridized carbons (Fsp3) is 0.467. The van der Waals surface area contributed by atoms with Crippen LogP contribution in [0.1, 0.15) is 38.2 Å². The van der Waals surface area contributed by atoms with Crippen molar-refractivity contribution < 1.29 is 8.42 Å². The molecule has 0 saturated carbocycles. The molecule has 0 radical (unpaired) electrons. The van der Waals surface area contributed by atoms with Gasteiger partial charge in [0.2, 0.25) is 0 Å². The molecular formula is C15H22O2S. The lowest BCUT2D eigenvalue weighted by Crippen LogP contribution is -2.04. The molecule has 0 atom stereocenters. The molecule has 0 fully saturated rings. The highest BCUT2D eigenvalue weighted by atomic mass is 32.2. The molecule has 18 heavy (non-hydrogen) atoms. The number of benzene rings is 1. The van der Waals surface area contributed by atoms with Crippen molar-refractivity contribution in [3.8, 4) is 0 Å². The Kier molecular flexibility index (Phi) is 6.13. The number of hydrogen-bond acceptors (Lipinski definition) is 2. The summed E-state index contributed by atoms with van der Waals surface area (Å²) in [4.78, 5) is 0.409. The number of unbranched alkanes of at least 4 members (excludes halogenated alkanes) is 3. The van der Waals surface area contributed by atoms with Crippen LogP contribution in [0.2, 0.25) is 0 Å². The fourth-order valence-corrected chi connectivity index (χ4v) is 2.80. The Bertz CT molecular complexity index is 470. The van der Waals surface area contributed by atoms with Crippen molar-refractivity contribution in [1.29, 1.82) is 0 Å². The minimum atomic E-state index is -3.16. The zero-order valence-corrected chi connectivity index (χ0v) is 12.0. The lowest BCUT2D eigenvalue weighted by molar-refractivity contribution is 0.599. The van der Waals surface area contributed by atoms with E-state index in [0.29, 0.717) is 4.90 Å². The van der Waals surface area contributed by atoms with Gasteiger partial charge < -0.3 is 0 Å². The topological polar surface area (TPSA) is 34.1 Å². The third-order valence-corrected chi connectivity index (χ3v) is 4.46. The molecule has 0 aliphatic heterocycles. The van der Waals surface area contributed by atoms with Crippen molar-refractivity contribution in [2.75, 3.05) is 5.75 Å². The number of hydrogen-bond donors (Lipinski definition) is 0. The number of rotatable bonds is 7. The highest BCUT2D eigenvalue weighted by molar-refractivity contribution is 7.91. The molecule has 0 unspecified atom stereocenters. The van der Waals surface area contributed by atoms with Gasteiger partial charge in [0.1, 0.15) is 0 Å². The summed E-state index contributed by atoms with van der Waals surface area (Å²) in [5, 5.41) is 0. The van der Waals surface area contributed by atoms with E-state index in [0.717, 1.165) is 18.4 Å². The largest absolute Gasteiger partial charge is 0.223 e. The molecule has 1 rings (SSSR count). The van der Waals surface area contributed by atoms with Gasteiger partial charge in [0, 0.05) is 0 Å². The molecule has 3 heteroatoms. The summed E-state index contributed by atoms with van der Waals surface area (Å²) < 4.78 is 24.0. The first-order valence-corrected chi connectivity index (χ1v) is 8.16. The van der Waals surface area contributed by atoms with Crippen LogP contribution in [0.4, 0.5) is 0 Å². The van der Waals surface area contributed by atoms with Crippen LogP contribution in [0.3, 0.4) is 0 Å². The molecule has 0 heterocycles. The van der Waals surface area contributed by atoms with E-state index in [-0.39, 0.29) is 5.75 Å². The highest BCUT2D eigenvalue weighted by Crippen LogP contribution is 2.12. The van der Waals surface area contributed by atoms with Crippen LogP contribution < -0.4 is 0 Å². The van der Waals surface area contributed by atoms with Crippen LogP contribution in [-0.2, 0) is 9.84 Å². The van der Waals surface area contributed by atoms with Crippen LogP contribution in [0.5, 0.6) is 0 Å². The van der Waals surface area contributed by atoms with E-state index in [2.05, 4.69) is 6.92 Å². The zero-order chi connectivity index (χ0) is 13.4. The van der Waals surface area contributed by atoms with Gasteiger partial charge >= 0.3 is 0 Å². The van der Waals surface area contributed by atoms with Crippen LogP contribution in [0.15, 0.2) is 41.3 Å². The maximum absolute atomic E-state index is 12.0. The second-order valence-corrected chi connectivity index (χ2v) is 6.60. The van der Waals surface area contributed by atoms with Gasteiger partial charge in [0.25, 0.3) is 0 Å². The SMILES string of the molecule is CCCCC/C=C\CS(=O)(=O)c1ccc(C)cc1. The van der Waals surface area contributed by atoms with Gasteiger partial charge in [0.15, 0.2) is 9.84 Å². The summed E-state index contributed by atoms with van der Waals surface area (Å²) in [5.74, 6) is 0.0994. The van der Waals surface area contributed by atoms with E-state index in [9.17, 15) is 8.42 Å². The Hall–Kier alpha value is -1.09. The van der Waals surface area contributed by atoms with Crippen molar-refractivity contribution in [3.63, 3.8) is 0 Å². The number of allylic oxidation sites excluding steroid dienone is 1. The van der Waals surface area contributed by atoms with Gasteiger partial charge in [0.05, 0.1) is 10.6 Å². The van der Waals surface area contributed by atoms with Gasteiger partial charge in [-0.2, -0.15) is 0 Å². The van der Waals surface area contributed by atoms with Crippen LogP contribution in [-0.4, -0.2) is 14.2 Å². The van der Waals surface area contributed by atoms with E-state index in [1.54, 1.807) is 18.2 Å². The molecule has 100 valence electrons. The van der Waals surface area contributed by atoms with Gasteiger partial charge in [-0.3, -0.25) is 0 Å². The molecule has 0 saturated heterocycles. The van der Waals surface area contributed by atoms with E-state index in [1.807, 2.05) is 25.1 Å². The summed E-state index contributed by atoms with van der Waals surface area (Å²) in [7, 11) is -3.16. The van der Waals surface area contributed by atoms with Gasteiger partial charge in [-0.1, -0.05) is 49.6 Å². The van der Waals surface area contributed by atoms with Gasteiger partial charge in [-0.05, 0) is 31.9 Å². The molecular weight excluding hydrogens is 244 g/mol. The monoisotopic (exact) mass is 266 g/mol. The molecule has 0 aliphatic carbocycles.